The van der Waals surface area contributed by atoms with Crippen molar-refractivity contribution in [2.24, 2.45) is 0 Å². The first-order chi connectivity index (χ1) is 8.67. The SMILES string of the molecule is CCN(CC)C(=O)CCC(S)Oc1ccccc1. The normalized spacial score (nSPS) is 11.9. The van der Waals surface area contributed by atoms with E-state index in [4.69, 9.17) is 4.74 Å². The second-order valence-electron chi connectivity index (χ2n) is 3.99. The number of carbonyl (C=O) groups excluding carboxylic acids is 1. The molecule has 3 nitrogen and oxygen atoms in total. The number of nitrogens with zero attached hydrogens (tertiary/aromatic N) is 1. The molecule has 0 aliphatic rings. The molecule has 0 fully saturated rings. The molecule has 4 heteroatoms. The van der Waals surface area contributed by atoms with Crippen molar-refractivity contribution in [1.82, 2.24) is 4.90 Å². The lowest BCUT2D eigenvalue weighted by molar-refractivity contribution is -0.131. The van der Waals surface area contributed by atoms with Gasteiger partial charge in [0.25, 0.3) is 0 Å². The number of ether oxygens (including phenoxy) is 1. The summed E-state index contributed by atoms with van der Waals surface area (Å²) in [5.41, 5.74) is -0.244. The van der Waals surface area contributed by atoms with Gasteiger partial charge >= 0.3 is 0 Å². The lowest BCUT2D eigenvalue weighted by atomic mass is 10.2. The highest BCUT2D eigenvalue weighted by molar-refractivity contribution is 7.80. The zero-order valence-corrected chi connectivity index (χ0v) is 11.9. The predicted octanol–water partition coefficient (Wildman–Crippen LogP) is 2.97. The van der Waals surface area contributed by atoms with Crippen LogP contribution in [0.25, 0.3) is 0 Å². The Labute approximate surface area is 115 Å². The Morgan fingerprint density at radius 1 is 1.28 bits per heavy atom. The molecule has 1 amide bonds. The number of carbonyl (C=O) groups is 1. The van der Waals surface area contributed by atoms with Crippen molar-refractivity contribution in [1.29, 1.82) is 0 Å². The van der Waals surface area contributed by atoms with Crippen LogP contribution in [0.3, 0.4) is 0 Å². The van der Waals surface area contributed by atoms with Crippen molar-refractivity contribution in [2.45, 2.75) is 32.1 Å². The topological polar surface area (TPSA) is 29.5 Å². The average Bonchev–Trinajstić information content (AvgIpc) is 2.39. The Hall–Kier alpha value is -1.16. The summed E-state index contributed by atoms with van der Waals surface area (Å²) < 4.78 is 5.61. The van der Waals surface area contributed by atoms with Crippen molar-refractivity contribution in [3.05, 3.63) is 30.3 Å². The Balaban J connectivity index is 2.33. The Morgan fingerprint density at radius 2 is 1.89 bits per heavy atom. The molecule has 100 valence electrons. The van der Waals surface area contributed by atoms with Crippen molar-refractivity contribution in [2.75, 3.05) is 13.1 Å². The van der Waals surface area contributed by atoms with Gasteiger partial charge in [-0.1, -0.05) is 18.2 Å². The van der Waals surface area contributed by atoms with Gasteiger partial charge in [0.1, 0.15) is 11.2 Å². The Morgan fingerprint density at radius 3 is 2.44 bits per heavy atom. The van der Waals surface area contributed by atoms with Crippen LogP contribution in [0.5, 0.6) is 5.75 Å². The van der Waals surface area contributed by atoms with Gasteiger partial charge in [0, 0.05) is 25.9 Å². The van der Waals surface area contributed by atoms with E-state index in [1.54, 1.807) is 0 Å². The van der Waals surface area contributed by atoms with E-state index in [-0.39, 0.29) is 11.3 Å². The number of hydrogen-bond acceptors (Lipinski definition) is 3. The molecule has 1 rings (SSSR count). The lowest BCUT2D eigenvalue weighted by Crippen LogP contribution is -2.31. The van der Waals surface area contributed by atoms with E-state index >= 15 is 0 Å². The predicted molar refractivity (Wildman–Crippen MR) is 77.0 cm³/mol. The molecule has 18 heavy (non-hydrogen) atoms. The molecule has 1 atom stereocenters. The van der Waals surface area contributed by atoms with E-state index in [0.717, 1.165) is 18.8 Å². The number of para-hydroxylation sites is 1. The van der Waals surface area contributed by atoms with Gasteiger partial charge in [0.2, 0.25) is 5.91 Å². The minimum Gasteiger partial charge on any atom is -0.480 e. The van der Waals surface area contributed by atoms with Gasteiger partial charge in [-0.2, -0.15) is 0 Å². The molecule has 0 saturated heterocycles. The fourth-order valence-electron chi connectivity index (χ4n) is 1.70. The minimum absolute atomic E-state index is 0.163. The molecule has 1 aromatic carbocycles. The van der Waals surface area contributed by atoms with Gasteiger partial charge in [-0.3, -0.25) is 4.79 Å². The van der Waals surface area contributed by atoms with Crippen LogP contribution in [-0.2, 0) is 4.79 Å². The monoisotopic (exact) mass is 267 g/mol. The maximum Gasteiger partial charge on any atom is 0.222 e. The molecule has 0 aliphatic heterocycles. The fraction of sp³-hybridized carbons (Fsp3) is 0.500. The van der Waals surface area contributed by atoms with Crippen LogP contribution in [0.15, 0.2) is 30.3 Å². The van der Waals surface area contributed by atoms with Crippen LogP contribution >= 0.6 is 12.6 Å². The molecule has 1 unspecified atom stereocenters. The number of thiol groups is 1. The van der Waals surface area contributed by atoms with Crippen LogP contribution in [-0.4, -0.2) is 29.3 Å². The van der Waals surface area contributed by atoms with Crippen molar-refractivity contribution in [3.8, 4) is 5.75 Å². The second kappa shape index (κ2) is 8.03. The Bertz CT molecular complexity index is 352. The average molecular weight is 267 g/mol. The summed E-state index contributed by atoms with van der Waals surface area (Å²) in [5, 5.41) is 0. The Kier molecular flexibility index (Phi) is 6.65. The van der Waals surface area contributed by atoms with Crippen LogP contribution in [0.4, 0.5) is 0 Å². The first-order valence-corrected chi connectivity index (χ1v) is 6.86. The largest absolute Gasteiger partial charge is 0.480 e. The van der Waals surface area contributed by atoms with Gasteiger partial charge in [-0.15, -0.1) is 12.6 Å². The summed E-state index contributed by atoms with van der Waals surface area (Å²) in [5.74, 6) is 0.948. The molecule has 0 bridgehead atoms. The fourth-order valence-corrected chi connectivity index (χ4v) is 1.95. The van der Waals surface area contributed by atoms with Crippen molar-refractivity contribution < 1.29 is 9.53 Å². The highest BCUT2D eigenvalue weighted by atomic mass is 32.1. The highest BCUT2D eigenvalue weighted by Gasteiger charge is 2.12. The maximum absolute atomic E-state index is 11.8. The zero-order valence-electron chi connectivity index (χ0n) is 11.0. The first-order valence-electron chi connectivity index (χ1n) is 6.34. The van der Waals surface area contributed by atoms with Crippen molar-refractivity contribution in [3.63, 3.8) is 0 Å². The summed E-state index contributed by atoms with van der Waals surface area (Å²) in [6, 6.07) is 9.53. The van der Waals surface area contributed by atoms with Crippen LogP contribution in [0.1, 0.15) is 26.7 Å². The van der Waals surface area contributed by atoms with E-state index < -0.39 is 0 Å². The molecule has 0 spiro atoms. The minimum atomic E-state index is -0.244. The van der Waals surface area contributed by atoms with Crippen molar-refractivity contribution >= 4 is 18.5 Å². The van der Waals surface area contributed by atoms with E-state index in [9.17, 15) is 4.79 Å². The van der Waals surface area contributed by atoms with Gasteiger partial charge in [-0.25, -0.2) is 0 Å². The summed E-state index contributed by atoms with van der Waals surface area (Å²) >= 11 is 4.35. The quantitative estimate of drug-likeness (QED) is 0.608. The maximum atomic E-state index is 11.8. The second-order valence-corrected chi connectivity index (χ2v) is 4.57. The van der Waals surface area contributed by atoms with Gasteiger partial charge in [0.15, 0.2) is 0 Å². The standard InChI is InChI=1S/C14H21NO2S/c1-3-15(4-2)13(16)10-11-14(18)17-12-8-6-5-7-9-12/h5-9,14,18H,3-4,10-11H2,1-2H3. The molecular formula is C14H21NO2S. The third kappa shape index (κ3) is 5.00. The van der Waals surface area contributed by atoms with E-state index in [1.165, 1.54) is 0 Å². The smallest absolute Gasteiger partial charge is 0.222 e. The lowest BCUT2D eigenvalue weighted by Gasteiger charge is -2.20. The molecule has 0 radical (unpaired) electrons. The van der Waals surface area contributed by atoms with Crippen LogP contribution < -0.4 is 4.74 Å². The molecule has 0 N–H and O–H groups in total. The molecule has 0 saturated carbocycles. The van der Waals surface area contributed by atoms with E-state index in [2.05, 4.69) is 12.6 Å². The first kappa shape index (κ1) is 14.9. The van der Waals surface area contributed by atoms with E-state index in [0.29, 0.717) is 12.8 Å². The molecular weight excluding hydrogens is 246 g/mol. The summed E-state index contributed by atoms with van der Waals surface area (Å²) in [7, 11) is 0. The highest BCUT2D eigenvalue weighted by Crippen LogP contribution is 2.15. The number of rotatable bonds is 7. The third-order valence-electron chi connectivity index (χ3n) is 2.74. The van der Waals surface area contributed by atoms with Gasteiger partial charge in [0.05, 0.1) is 0 Å². The number of hydrogen-bond donors (Lipinski definition) is 1. The van der Waals surface area contributed by atoms with E-state index in [1.807, 2.05) is 49.1 Å². The molecule has 0 heterocycles. The summed E-state index contributed by atoms with van der Waals surface area (Å²) in [6.07, 6.45) is 1.09. The van der Waals surface area contributed by atoms with Crippen LogP contribution in [0.2, 0.25) is 0 Å². The number of benzene rings is 1. The third-order valence-corrected chi connectivity index (χ3v) is 3.10. The summed E-state index contributed by atoms with van der Waals surface area (Å²) in [6.45, 7) is 5.48. The van der Waals surface area contributed by atoms with Crippen LogP contribution in [0, 0.1) is 0 Å². The molecule has 0 aliphatic carbocycles. The molecule has 0 aromatic heterocycles. The molecule has 1 aromatic rings. The van der Waals surface area contributed by atoms with Gasteiger partial charge in [-0.05, 0) is 26.0 Å². The zero-order chi connectivity index (χ0) is 13.4. The van der Waals surface area contributed by atoms with Gasteiger partial charge < -0.3 is 9.64 Å². The summed E-state index contributed by atoms with van der Waals surface area (Å²) in [4.78, 5) is 13.6. The number of amides is 1.